The molecule has 0 aliphatic heterocycles. The summed E-state index contributed by atoms with van der Waals surface area (Å²) in [5, 5.41) is 0. The van der Waals surface area contributed by atoms with Crippen LogP contribution in [0.1, 0.15) is 17.3 Å². The molecule has 19 heavy (non-hydrogen) atoms. The van der Waals surface area contributed by atoms with E-state index in [9.17, 15) is 0 Å². The van der Waals surface area contributed by atoms with Gasteiger partial charge in [0.05, 0.1) is 17.2 Å². The van der Waals surface area contributed by atoms with E-state index in [0.29, 0.717) is 0 Å². The molecular formula is C15H15N3S. The summed E-state index contributed by atoms with van der Waals surface area (Å²) in [6.45, 7) is 0. The fourth-order valence-corrected chi connectivity index (χ4v) is 2.52. The Morgan fingerprint density at radius 1 is 1.16 bits per heavy atom. The highest BCUT2D eigenvalue weighted by atomic mass is 32.1. The molecule has 1 aromatic carbocycles. The standard InChI is InChI=1S/C15H15N3S/c19-10-12(8-11-4-2-1-3-5-11)15-17-13-6-7-16-9-14(13)18-15/h1-7,9,12,19H,8,10H2,(H,17,18). The molecule has 0 saturated heterocycles. The average molecular weight is 269 g/mol. The largest absolute Gasteiger partial charge is 0.340 e. The fourth-order valence-electron chi connectivity index (χ4n) is 2.22. The number of rotatable bonds is 4. The van der Waals surface area contributed by atoms with Crippen LogP contribution < -0.4 is 0 Å². The molecule has 0 aliphatic carbocycles. The number of pyridine rings is 1. The molecule has 4 heteroatoms. The molecule has 96 valence electrons. The number of benzene rings is 1. The van der Waals surface area contributed by atoms with Crippen molar-refractivity contribution in [3.63, 3.8) is 0 Å². The first-order valence-electron chi connectivity index (χ1n) is 6.31. The molecule has 0 spiro atoms. The van der Waals surface area contributed by atoms with Gasteiger partial charge in [0.15, 0.2) is 0 Å². The van der Waals surface area contributed by atoms with Crippen molar-refractivity contribution in [1.29, 1.82) is 0 Å². The summed E-state index contributed by atoms with van der Waals surface area (Å²) >= 11 is 4.46. The maximum atomic E-state index is 4.64. The van der Waals surface area contributed by atoms with Crippen LogP contribution in [0.4, 0.5) is 0 Å². The van der Waals surface area contributed by atoms with E-state index in [-0.39, 0.29) is 5.92 Å². The number of aromatic amines is 1. The molecule has 3 rings (SSSR count). The minimum Gasteiger partial charge on any atom is -0.340 e. The molecule has 0 aliphatic rings. The van der Waals surface area contributed by atoms with Gasteiger partial charge in [-0.05, 0) is 18.1 Å². The number of nitrogens with zero attached hydrogens (tertiary/aromatic N) is 2. The first-order chi connectivity index (χ1) is 9.36. The van der Waals surface area contributed by atoms with Crippen LogP contribution in [0.2, 0.25) is 0 Å². The SMILES string of the molecule is SCC(Cc1ccccc1)c1nc2ccncc2[nH]1. The van der Waals surface area contributed by atoms with Gasteiger partial charge < -0.3 is 4.98 Å². The molecule has 3 nitrogen and oxygen atoms in total. The molecule has 2 heterocycles. The molecule has 0 amide bonds. The van der Waals surface area contributed by atoms with Crippen molar-refractivity contribution < 1.29 is 0 Å². The quantitative estimate of drug-likeness (QED) is 0.714. The summed E-state index contributed by atoms with van der Waals surface area (Å²) in [4.78, 5) is 12.1. The summed E-state index contributed by atoms with van der Waals surface area (Å²) in [5.74, 6) is 2.04. The van der Waals surface area contributed by atoms with Gasteiger partial charge in [-0.3, -0.25) is 4.98 Å². The maximum Gasteiger partial charge on any atom is 0.111 e. The molecule has 0 saturated carbocycles. The molecule has 1 atom stereocenters. The Morgan fingerprint density at radius 2 is 2.00 bits per heavy atom. The number of aromatic nitrogens is 3. The van der Waals surface area contributed by atoms with Crippen molar-refractivity contribution in [3.05, 3.63) is 60.2 Å². The number of fused-ring (bicyclic) bond motifs is 1. The van der Waals surface area contributed by atoms with Gasteiger partial charge in [-0.2, -0.15) is 12.6 Å². The first kappa shape index (κ1) is 12.2. The third-order valence-corrected chi connectivity index (χ3v) is 3.67. The van der Waals surface area contributed by atoms with Gasteiger partial charge in [0.1, 0.15) is 5.82 Å². The Hall–Kier alpha value is -1.81. The van der Waals surface area contributed by atoms with Crippen LogP contribution in [-0.2, 0) is 6.42 Å². The number of hydrogen-bond acceptors (Lipinski definition) is 3. The van der Waals surface area contributed by atoms with Crippen molar-refractivity contribution in [2.24, 2.45) is 0 Å². The molecular weight excluding hydrogens is 254 g/mol. The Balaban J connectivity index is 1.89. The summed E-state index contributed by atoms with van der Waals surface area (Å²) in [6, 6.07) is 12.4. The highest BCUT2D eigenvalue weighted by Crippen LogP contribution is 2.22. The van der Waals surface area contributed by atoms with E-state index < -0.39 is 0 Å². The number of hydrogen-bond donors (Lipinski definition) is 2. The van der Waals surface area contributed by atoms with E-state index in [1.165, 1.54) is 5.56 Å². The fraction of sp³-hybridized carbons (Fsp3) is 0.200. The molecule has 2 aromatic heterocycles. The lowest BCUT2D eigenvalue weighted by Crippen LogP contribution is -2.06. The van der Waals surface area contributed by atoms with Crippen LogP contribution in [0, 0.1) is 0 Å². The van der Waals surface area contributed by atoms with Crippen LogP contribution in [-0.4, -0.2) is 20.7 Å². The number of H-pyrrole nitrogens is 1. The van der Waals surface area contributed by atoms with Gasteiger partial charge in [0.2, 0.25) is 0 Å². The Morgan fingerprint density at radius 3 is 2.74 bits per heavy atom. The Labute approximate surface area is 117 Å². The van der Waals surface area contributed by atoms with Gasteiger partial charge in [-0.1, -0.05) is 30.3 Å². The number of imidazole rings is 1. The van der Waals surface area contributed by atoms with Gasteiger partial charge >= 0.3 is 0 Å². The lowest BCUT2D eigenvalue weighted by molar-refractivity contribution is 0.725. The summed E-state index contributed by atoms with van der Waals surface area (Å²) < 4.78 is 0. The summed E-state index contributed by atoms with van der Waals surface area (Å²) in [7, 11) is 0. The predicted octanol–water partition coefficient (Wildman–Crippen LogP) is 3.21. The van der Waals surface area contributed by atoms with Crippen molar-refractivity contribution in [1.82, 2.24) is 15.0 Å². The van der Waals surface area contributed by atoms with E-state index in [4.69, 9.17) is 0 Å². The van der Waals surface area contributed by atoms with Crippen LogP contribution in [0.5, 0.6) is 0 Å². The third kappa shape index (κ3) is 2.63. The zero-order valence-corrected chi connectivity index (χ0v) is 11.3. The van der Waals surface area contributed by atoms with Gasteiger partial charge in [-0.15, -0.1) is 0 Å². The average Bonchev–Trinajstić information content (AvgIpc) is 2.89. The van der Waals surface area contributed by atoms with Crippen LogP contribution in [0.3, 0.4) is 0 Å². The zero-order valence-electron chi connectivity index (χ0n) is 10.5. The van der Waals surface area contributed by atoms with Crippen molar-refractivity contribution >= 4 is 23.7 Å². The third-order valence-electron chi connectivity index (χ3n) is 3.23. The van der Waals surface area contributed by atoms with Crippen molar-refractivity contribution in [3.8, 4) is 0 Å². The second-order valence-electron chi connectivity index (χ2n) is 4.58. The maximum absolute atomic E-state index is 4.64. The lowest BCUT2D eigenvalue weighted by atomic mass is 10.0. The van der Waals surface area contributed by atoms with E-state index in [0.717, 1.165) is 29.0 Å². The highest BCUT2D eigenvalue weighted by molar-refractivity contribution is 7.80. The smallest absolute Gasteiger partial charge is 0.111 e. The zero-order chi connectivity index (χ0) is 13.1. The van der Waals surface area contributed by atoms with Gasteiger partial charge in [-0.25, -0.2) is 4.98 Å². The van der Waals surface area contributed by atoms with Crippen LogP contribution in [0.15, 0.2) is 48.8 Å². The molecule has 0 fully saturated rings. The first-order valence-corrected chi connectivity index (χ1v) is 6.94. The van der Waals surface area contributed by atoms with Crippen molar-refractivity contribution in [2.45, 2.75) is 12.3 Å². The van der Waals surface area contributed by atoms with E-state index in [1.54, 1.807) is 6.20 Å². The summed E-state index contributed by atoms with van der Waals surface area (Å²) in [6.07, 6.45) is 4.52. The van der Waals surface area contributed by atoms with E-state index in [2.05, 4.69) is 51.8 Å². The van der Waals surface area contributed by atoms with E-state index >= 15 is 0 Å². The monoisotopic (exact) mass is 269 g/mol. The molecule has 1 N–H and O–H groups in total. The van der Waals surface area contributed by atoms with Crippen LogP contribution >= 0.6 is 12.6 Å². The van der Waals surface area contributed by atoms with Gasteiger partial charge in [0.25, 0.3) is 0 Å². The Kier molecular flexibility index (Phi) is 3.51. The minimum atomic E-state index is 0.290. The number of nitrogens with one attached hydrogen (secondary N) is 1. The van der Waals surface area contributed by atoms with Crippen molar-refractivity contribution in [2.75, 3.05) is 5.75 Å². The summed E-state index contributed by atoms with van der Waals surface area (Å²) in [5.41, 5.74) is 3.25. The predicted molar refractivity (Wildman–Crippen MR) is 80.6 cm³/mol. The topological polar surface area (TPSA) is 41.6 Å². The second kappa shape index (κ2) is 5.45. The molecule has 0 bridgehead atoms. The van der Waals surface area contributed by atoms with Crippen LogP contribution in [0.25, 0.3) is 11.0 Å². The highest BCUT2D eigenvalue weighted by Gasteiger charge is 2.15. The minimum absolute atomic E-state index is 0.290. The lowest BCUT2D eigenvalue weighted by Gasteiger charge is -2.11. The molecule has 1 unspecified atom stereocenters. The second-order valence-corrected chi connectivity index (χ2v) is 4.95. The van der Waals surface area contributed by atoms with Gasteiger partial charge in [0, 0.05) is 17.9 Å². The number of thiol groups is 1. The van der Waals surface area contributed by atoms with E-state index in [1.807, 2.05) is 18.3 Å². The molecule has 3 aromatic rings. The molecule has 0 radical (unpaired) electrons. The Bertz CT molecular complexity index is 630. The normalized spacial score (nSPS) is 12.7.